The summed E-state index contributed by atoms with van der Waals surface area (Å²) in [6.45, 7) is -0.425. The molecule has 2 aromatic carbocycles. The largest absolute Gasteiger partial charge is 0.497 e. The van der Waals surface area contributed by atoms with Crippen molar-refractivity contribution in [2.75, 3.05) is 7.11 Å². The van der Waals surface area contributed by atoms with Crippen LogP contribution < -0.4 is 9.47 Å². The summed E-state index contributed by atoms with van der Waals surface area (Å²) in [4.78, 5) is 10.2. The maximum absolute atomic E-state index is 10.8. The van der Waals surface area contributed by atoms with Gasteiger partial charge in [-0.2, -0.15) is 0 Å². The zero-order valence-electron chi connectivity index (χ0n) is 10.8. The van der Waals surface area contributed by atoms with Gasteiger partial charge in [0.25, 0.3) is 5.69 Å². The van der Waals surface area contributed by atoms with Crippen molar-refractivity contribution < 1.29 is 19.5 Å². The van der Waals surface area contributed by atoms with Crippen LogP contribution in [0.5, 0.6) is 17.2 Å². The van der Waals surface area contributed by atoms with Crippen LogP contribution in [-0.4, -0.2) is 17.1 Å². The Balaban J connectivity index is 2.27. The minimum absolute atomic E-state index is 0.134. The molecule has 0 aliphatic rings. The highest BCUT2D eigenvalue weighted by Crippen LogP contribution is 2.29. The Labute approximate surface area is 115 Å². The molecule has 0 radical (unpaired) electrons. The lowest BCUT2D eigenvalue weighted by Crippen LogP contribution is -1.96. The van der Waals surface area contributed by atoms with Crippen molar-refractivity contribution in [3.05, 3.63) is 58.1 Å². The smallest absolute Gasteiger partial charge is 0.275 e. The number of rotatable bonds is 5. The normalized spacial score (nSPS) is 10.1. The summed E-state index contributed by atoms with van der Waals surface area (Å²) in [6, 6.07) is 11.2. The Morgan fingerprint density at radius 2 is 1.85 bits per heavy atom. The summed E-state index contributed by atoms with van der Waals surface area (Å²) in [5, 5.41) is 19.9. The van der Waals surface area contributed by atoms with E-state index in [9.17, 15) is 10.1 Å². The van der Waals surface area contributed by atoms with E-state index in [-0.39, 0.29) is 11.3 Å². The summed E-state index contributed by atoms with van der Waals surface area (Å²) < 4.78 is 10.7. The first-order valence-corrected chi connectivity index (χ1v) is 5.84. The number of ether oxygens (including phenoxy) is 2. The summed E-state index contributed by atoms with van der Waals surface area (Å²) in [5.74, 6) is 1.60. The molecule has 0 amide bonds. The summed E-state index contributed by atoms with van der Waals surface area (Å²) in [5.41, 5.74) is 0.0703. The third-order valence-corrected chi connectivity index (χ3v) is 2.69. The molecule has 6 heteroatoms. The summed E-state index contributed by atoms with van der Waals surface area (Å²) >= 11 is 0. The molecule has 1 N–H and O–H groups in total. The number of nitro groups is 1. The molecule has 0 spiro atoms. The fourth-order valence-electron chi connectivity index (χ4n) is 1.73. The third-order valence-electron chi connectivity index (χ3n) is 2.69. The van der Waals surface area contributed by atoms with Crippen LogP contribution in [0.3, 0.4) is 0 Å². The number of methoxy groups -OCH3 is 1. The Morgan fingerprint density at radius 3 is 2.50 bits per heavy atom. The van der Waals surface area contributed by atoms with Crippen LogP contribution in [-0.2, 0) is 6.61 Å². The third kappa shape index (κ3) is 3.04. The Kier molecular flexibility index (Phi) is 4.17. The highest BCUT2D eigenvalue weighted by molar-refractivity contribution is 5.46. The second-order valence-electron chi connectivity index (χ2n) is 3.99. The van der Waals surface area contributed by atoms with E-state index in [2.05, 4.69) is 0 Å². The molecule has 6 nitrogen and oxygen atoms in total. The van der Waals surface area contributed by atoms with Gasteiger partial charge in [0.1, 0.15) is 17.2 Å². The zero-order valence-corrected chi connectivity index (χ0v) is 10.8. The van der Waals surface area contributed by atoms with Crippen LogP contribution in [0.15, 0.2) is 42.5 Å². The van der Waals surface area contributed by atoms with Crippen LogP contribution in [0.1, 0.15) is 5.56 Å². The number of aliphatic hydroxyl groups excluding tert-OH is 1. The van der Waals surface area contributed by atoms with Gasteiger partial charge in [0.2, 0.25) is 0 Å². The van der Waals surface area contributed by atoms with Gasteiger partial charge in [0.05, 0.1) is 24.2 Å². The molecule has 2 rings (SSSR count). The quantitative estimate of drug-likeness (QED) is 0.670. The van der Waals surface area contributed by atoms with E-state index in [0.29, 0.717) is 17.2 Å². The predicted octanol–water partition coefficient (Wildman–Crippen LogP) is 2.89. The van der Waals surface area contributed by atoms with Gasteiger partial charge in [-0.05, 0) is 24.3 Å². The monoisotopic (exact) mass is 275 g/mol. The fraction of sp³-hybridized carbons (Fsp3) is 0.143. The van der Waals surface area contributed by atoms with Crippen LogP contribution in [0, 0.1) is 10.1 Å². The van der Waals surface area contributed by atoms with Crippen molar-refractivity contribution in [1.82, 2.24) is 0 Å². The van der Waals surface area contributed by atoms with E-state index in [1.807, 2.05) is 0 Å². The zero-order chi connectivity index (χ0) is 14.5. The second-order valence-corrected chi connectivity index (χ2v) is 3.99. The molecule has 0 bridgehead atoms. The molecule has 20 heavy (non-hydrogen) atoms. The van der Waals surface area contributed by atoms with Crippen LogP contribution in [0.25, 0.3) is 0 Å². The molecule has 0 heterocycles. The number of nitrogens with zero attached hydrogens (tertiary/aromatic N) is 1. The second kappa shape index (κ2) is 6.03. The number of benzene rings is 2. The number of aliphatic hydroxyl groups is 1. The van der Waals surface area contributed by atoms with Gasteiger partial charge in [-0.1, -0.05) is 6.07 Å². The first-order valence-electron chi connectivity index (χ1n) is 5.84. The minimum Gasteiger partial charge on any atom is -0.497 e. The van der Waals surface area contributed by atoms with Gasteiger partial charge in [-0.3, -0.25) is 10.1 Å². The lowest BCUT2D eigenvalue weighted by molar-refractivity contribution is -0.385. The van der Waals surface area contributed by atoms with Gasteiger partial charge in [-0.25, -0.2) is 0 Å². The van der Waals surface area contributed by atoms with Crippen molar-refractivity contribution in [2.24, 2.45) is 0 Å². The van der Waals surface area contributed by atoms with Gasteiger partial charge in [0.15, 0.2) is 0 Å². The Bertz CT molecular complexity index is 627. The highest BCUT2D eigenvalue weighted by Gasteiger charge is 2.14. The topological polar surface area (TPSA) is 81.8 Å². The van der Waals surface area contributed by atoms with Crippen LogP contribution >= 0.6 is 0 Å². The van der Waals surface area contributed by atoms with E-state index < -0.39 is 11.5 Å². The highest BCUT2D eigenvalue weighted by atomic mass is 16.6. The molecule has 0 unspecified atom stereocenters. The van der Waals surface area contributed by atoms with Crippen LogP contribution in [0.4, 0.5) is 5.69 Å². The SMILES string of the molecule is COc1cccc(Oc2ccc([N+](=O)[O-])c(CO)c2)c1. The van der Waals surface area contributed by atoms with E-state index in [4.69, 9.17) is 14.6 Å². The predicted molar refractivity (Wildman–Crippen MR) is 72.1 cm³/mol. The maximum atomic E-state index is 10.8. The first-order chi connectivity index (χ1) is 9.63. The molecule has 2 aromatic rings. The molecule has 0 aromatic heterocycles. The summed E-state index contributed by atoms with van der Waals surface area (Å²) in [7, 11) is 1.55. The molecule has 0 fully saturated rings. The number of nitro benzene ring substituents is 1. The molecule has 0 saturated carbocycles. The lowest BCUT2D eigenvalue weighted by atomic mass is 10.2. The van der Waals surface area contributed by atoms with Crippen molar-refractivity contribution in [3.63, 3.8) is 0 Å². The molecular formula is C14H13NO5. The standard InChI is InChI=1S/C14H13NO5/c1-19-11-3-2-4-12(8-11)20-13-5-6-14(15(17)18)10(7-13)9-16/h2-8,16H,9H2,1H3. The van der Waals surface area contributed by atoms with Crippen molar-refractivity contribution >= 4 is 5.69 Å². The maximum Gasteiger partial charge on any atom is 0.275 e. The van der Waals surface area contributed by atoms with Gasteiger partial charge in [-0.15, -0.1) is 0 Å². The molecule has 0 atom stereocenters. The van der Waals surface area contributed by atoms with Gasteiger partial charge in [0, 0.05) is 12.1 Å². The fourth-order valence-corrected chi connectivity index (χ4v) is 1.73. The molecule has 104 valence electrons. The van der Waals surface area contributed by atoms with Crippen molar-refractivity contribution in [3.8, 4) is 17.2 Å². The number of hydrogen-bond acceptors (Lipinski definition) is 5. The average molecular weight is 275 g/mol. The van der Waals surface area contributed by atoms with Gasteiger partial charge >= 0.3 is 0 Å². The molecule has 0 aliphatic carbocycles. The Hall–Kier alpha value is -2.60. The van der Waals surface area contributed by atoms with Crippen molar-refractivity contribution in [1.29, 1.82) is 0 Å². The van der Waals surface area contributed by atoms with E-state index in [1.54, 1.807) is 31.4 Å². The van der Waals surface area contributed by atoms with Crippen molar-refractivity contribution in [2.45, 2.75) is 6.61 Å². The molecular weight excluding hydrogens is 262 g/mol. The number of hydrogen-bond donors (Lipinski definition) is 1. The van der Waals surface area contributed by atoms with E-state index >= 15 is 0 Å². The van der Waals surface area contributed by atoms with E-state index in [1.165, 1.54) is 18.2 Å². The average Bonchev–Trinajstić information content (AvgIpc) is 2.47. The Morgan fingerprint density at radius 1 is 1.15 bits per heavy atom. The molecule has 0 saturated heterocycles. The first kappa shape index (κ1) is 13.8. The summed E-state index contributed by atoms with van der Waals surface area (Å²) in [6.07, 6.45) is 0. The minimum atomic E-state index is -0.541. The molecule has 0 aliphatic heterocycles. The lowest BCUT2D eigenvalue weighted by Gasteiger charge is -2.08. The van der Waals surface area contributed by atoms with Crippen LogP contribution in [0.2, 0.25) is 0 Å². The van der Waals surface area contributed by atoms with E-state index in [0.717, 1.165) is 0 Å². The van der Waals surface area contributed by atoms with Gasteiger partial charge < -0.3 is 14.6 Å².